The van der Waals surface area contributed by atoms with Gasteiger partial charge in [0.15, 0.2) is 5.58 Å². The summed E-state index contributed by atoms with van der Waals surface area (Å²) in [5.74, 6) is 0. The predicted octanol–water partition coefficient (Wildman–Crippen LogP) is 15.3. The van der Waals surface area contributed by atoms with E-state index in [-0.39, 0.29) is 0 Å². The first kappa shape index (κ1) is 31.7. The third-order valence-corrected chi connectivity index (χ3v) is 11.7. The average molecular weight is 727 g/mol. The standard InChI is InChI=1S/C54H34N2O/c1-3-15-38(16-4-1)55(40-30-28-36-27-26-35-14-7-8-19-41(35)47(36)33-40)50-25-13-23-46-53-45-22-10-9-20-42(45)48(34-52(53)57-54(46)50)37-29-31-44-43-21-11-12-24-49(43)56(51(44)32-37)39-17-5-2-6-18-39/h1-34H. The summed E-state index contributed by atoms with van der Waals surface area (Å²) >= 11 is 0. The van der Waals surface area contributed by atoms with E-state index < -0.39 is 0 Å². The van der Waals surface area contributed by atoms with Crippen LogP contribution in [-0.2, 0) is 0 Å². The molecule has 0 unspecified atom stereocenters. The number of nitrogens with zero attached hydrogens (tertiary/aromatic N) is 2. The van der Waals surface area contributed by atoms with Crippen molar-refractivity contribution in [2.45, 2.75) is 0 Å². The molecule has 0 spiro atoms. The Balaban J connectivity index is 1.10. The second kappa shape index (κ2) is 12.5. The second-order valence-electron chi connectivity index (χ2n) is 14.9. The summed E-state index contributed by atoms with van der Waals surface area (Å²) in [5, 5.41) is 12.0. The topological polar surface area (TPSA) is 21.3 Å². The highest BCUT2D eigenvalue weighted by molar-refractivity contribution is 6.24. The van der Waals surface area contributed by atoms with Gasteiger partial charge in [0.1, 0.15) is 5.58 Å². The molecule has 0 aliphatic rings. The van der Waals surface area contributed by atoms with Crippen LogP contribution in [0.15, 0.2) is 211 Å². The van der Waals surface area contributed by atoms with Gasteiger partial charge in [0, 0.05) is 38.6 Å². The number of hydrogen-bond acceptors (Lipinski definition) is 2. The Morgan fingerprint density at radius 2 is 1.04 bits per heavy atom. The summed E-state index contributed by atoms with van der Waals surface area (Å²) in [7, 11) is 0. The van der Waals surface area contributed by atoms with E-state index in [2.05, 4.69) is 216 Å². The van der Waals surface area contributed by atoms with Crippen LogP contribution < -0.4 is 4.90 Å². The van der Waals surface area contributed by atoms with Crippen LogP contribution in [0.5, 0.6) is 0 Å². The zero-order valence-electron chi connectivity index (χ0n) is 30.9. The zero-order valence-corrected chi connectivity index (χ0v) is 30.9. The molecule has 0 amide bonds. The van der Waals surface area contributed by atoms with Crippen molar-refractivity contribution in [3.63, 3.8) is 0 Å². The van der Waals surface area contributed by atoms with Crippen molar-refractivity contribution < 1.29 is 4.42 Å². The van der Waals surface area contributed by atoms with E-state index in [4.69, 9.17) is 4.42 Å². The molecule has 0 fully saturated rings. The summed E-state index contributed by atoms with van der Waals surface area (Å²) in [4.78, 5) is 2.34. The smallest absolute Gasteiger partial charge is 0.159 e. The van der Waals surface area contributed by atoms with Crippen LogP contribution in [0, 0.1) is 0 Å². The molecule has 0 saturated carbocycles. The number of rotatable bonds is 5. The third kappa shape index (κ3) is 4.86. The average Bonchev–Trinajstić information content (AvgIpc) is 3.83. The fourth-order valence-corrected chi connectivity index (χ4v) is 9.19. The van der Waals surface area contributed by atoms with Gasteiger partial charge in [-0.05, 0) is 104 Å². The zero-order chi connectivity index (χ0) is 37.5. The normalized spacial score (nSPS) is 11.9. The third-order valence-electron chi connectivity index (χ3n) is 11.7. The number of para-hydroxylation sites is 4. The van der Waals surface area contributed by atoms with E-state index in [9.17, 15) is 0 Å². The van der Waals surface area contributed by atoms with Gasteiger partial charge in [-0.25, -0.2) is 0 Å². The largest absolute Gasteiger partial charge is 0.454 e. The molecule has 10 aromatic carbocycles. The molecule has 0 aliphatic carbocycles. The second-order valence-corrected chi connectivity index (χ2v) is 14.9. The highest BCUT2D eigenvalue weighted by Crippen LogP contribution is 2.47. The van der Waals surface area contributed by atoms with Crippen LogP contribution in [0.1, 0.15) is 0 Å². The summed E-state index contributed by atoms with van der Waals surface area (Å²) in [6.07, 6.45) is 0. The Kier molecular flexibility index (Phi) is 6.93. The SMILES string of the molecule is c1ccc(N(c2ccc3ccc4ccccc4c3c2)c2cccc3c2oc2cc(-c4ccc5c6ccccc6n(-c6ccccc6)c5c4)c4ccccc4c23)cc1. The first-order valence-electron chi connectivity index (χ1n) is 19.5. The van der Waals surface area contributed by atoms with E-state index in [1.165, 1.54) is 54.1 Å². The van der Waals surface area contributed by atoms with Crippen LogP contribution in [0.3, 0.4) is 0 Å². The van der Waals surface area contributed by atoms with Crippen LogP contribution in [0.4, 0.5) is 17.1 Å². The van der Waals surface area contributed by atoms with Gasteiger partial charge in [0.25, 0.3) is 0 Å². The van der Waals surface area contributed by atoms with E-state index in [0.717, 1.165) is 55.8 Å². The van der Waals surface area contributed by atoms with E-state index >= 15 is 0 Å². The molecule has 0 aliphatic heterocycles. The van der Waals surface area contributed by atoms with Gasteiger partial charge in [0.05, 0.1) is 16.7 Å². The molecule has 0 bridgehead atoms. The lowest BCUT2D eigenvalue weighted by Gasteiger charge is -2.26. The quantitative estimate of drug-likeness (QED) is 0.165. The first-order valence-corrected chi connectivity index (χ1v) is 19.5. The minimum atomic E-state index is 0.858. The minimum absolute atomic E-state index is 0.858. The number of benzene rings is 10. The first-order chi connectivity index (χ1) is 28.3. The van der Waals surface area contributed by atoms with Crippen molar-refractivity contribution >= 4 is 93.1 Å². The highest BCUT2D eigenvalue weighted by atomic mass is 16.3. The molecule has 3 nitrogen and oxygen atoms in total. The molecule has 266 valence electrons. The number of fused-ring (bicyclic) bond motifs is 11. The monoisotopic (exact) mass is 726 g/mol. The van der Waals surface area contributed by atoms with Gasteiger partial charge in [-0.3, -0.25) is 0 Å². The van der Waals surface area contributed by atoms with E-state index in [1.807, 2.05) is 0 Å². The van der Waals surface area contributed by atoms with Gasteiger partial charge in [-0.1, -0.05) is 146 Å². The number of anilines is 3. The summed E-state index contributed by atoms with van der Waals surface area (Å²) < 4.78 is 9.50. The lowest BCUT2D eigenvalue weighted by molar-refractivity contribution is 0.669. The van der Waals surface area contributed by atoms with Crippen molar-refractivity contribution in [2.75, 3.05) is 4.90 Å². The molecule has 0 atom stereocenters. The van der Waals surface area contributed by atoms with Crippen molar-refractivity contribution in [2.24, 2.45) is 0 Å². The Labute approximate surface area is 328 Å². The molecular formula is C54H34N2O. The number of hydrogen-bond donors (Lipinski definition) is 0. The van der Waals surface area contributed by atoms with Gasteiger partial charge < -0.3 is 13.9 Å². The molecule has 12 rings (SSSR count). The van der Waals surface area contributed by atoms with E-state index in [0.29, 0.717) is 0 Å². The van der Waals surface area contributed by atoms with Gasteiger partial charge in [-0.2, -0.15) is 0 Å². The predicted molar refractivity (Wildman–Crippen MR) is 241 cm³/mol. The van der Waals surface area contributed by atoms with Crippen molar-refractivity contribution in [1.82, 2.24) is 4.57 Å². The lowest BCUT2D eigenvalue weighted by Crippen LogP contribution is -2.10. The summed E-state index contributed by atoms with van der Waals surface area (Å²) in [6, 6.07) is 74.3. The maximum absolute atomic E-state index is 7.12. The molecule has 0 saturated heterocycles. The van der Waals surface area contributed by atoms with Gasteiger partial charge >= 0.3 is 0 Å². The van der Waals surface area contributed by atoms with Crippen molar-refractivity contribution in [1.29, 1.82) is 0 Å². The molecule has 2 heterocycles. The van der Waals surface area contributed by atoms with Gasteiger partial charge in [0.2, 0.25) is 0 Å². The fraction of sp³-hybridized carbons (Fsp3) is 0. The van der Waals surface area contributed by atoms with Crippen LogP contribution >= 0.6 is 0 Å². The molecule has 0 radical (unpaired) electrons. The molecule has 3 heteroatoms. The Morgan fingerprint density at radius 1 is 0.386 bits per heavy atom. The minimum Gasteiger partial charge on any atom is -0.454 e. The van der Waals surface area contributed by atoms with Gasteiger partial charge in [-0.15, -0.1) is 0 Å². The summed E-state index contributed by atoms with van der Waals surface area (Å²) in [6.45, 7) is 0. The highest BCUT2D eigenvalue weighted by Gasteiger charge is 2.22. The lowest BCUT2D eigenvalue weighted by atomic mass is 9.94. The van der Waals surface area contributed by atoms with Crippen molar-refractivity contribution in [3.05, 3.63) is 206 Å². The van der Waals surface area contributed by atoms with Crippen molar-refractivity contribution in [3.8, 4) is 16.8 Å². The summed E-state index contributed by atoms with van der Waals surface area (Å²) in [5.41, 5.74) is 10.7. The maximum Gasteiger partial charge on any atom is 0.159 e. The van der Waals surface area contributed by atoms with Crippen LogP contribution in [0.25, 0.3) is 92.9 Å². The molecule has 12 aromatic rings. The molecule has 57 heavy (non-hydrogen) atoms. The Morgan fingerprint density at radius 3 is 1.88 bits per heavy atom. The molecular weight excluding hydrogens is 693 g/mol. The number of aromatic nitrogens is 1. The van der Waals surface area contributed by atoms with E-state index in [1.54, 1.807) is 0 Å². The Bertz CT molecular complexity index is 3520. The number of furan rings is 1. The van der Waals surface area contributed by atoms with Crippen LogP contribution in [-0.4, -0.2) is 4.57 Å². The molecule has 0 N–H and O–H groups in total. The molecule has 2 aromatic heterocycles. The fourth-order valence-electron chi connectivity index (χ4n) is 9.19. The van der Waals surface area contributed by atoms with Crippen LogP contribution in [0.2, 0.25) is 0 Å². The Hall–Kier alpha value is -7.62. The maximum atomic E-state index is 7.12.